The summed E-state index contributed by atoms with van der Waals surface area (Å²) in [4.78, 5) is 105. The molecule has 432 valence electrons. The second kappa shape index (κ2) is 39.6. The summed E-state index contributed by atoms with van der Waals surface area (Å²) in [6, 6.07) is 0. The van der Waals surface area contributed by atoms with Crippen LogP contribution >= 0.6 is 43.1 Å². The van der Waals surface area contributed by atoms with Crippen LogP contribution in [-0.4, -0.2) is 123 Å². The molecule has 0 aliphatic heterocycles. The van der Waals surface area contributed by atoms with Gasteiger partial charge in [-0.1, -0.05) is 173 Å². The summed E-state index contributed by atoms with van der Waals surface area (Å²) in [5, 5.41) is 22.2. The molecule has 0 aromatic heterocycles. The number of phosphoric ester groups is 4. The highest BCUT2D eigenvalue weighted by Crippen LogP contribution is 2.53. The van der Waals surface area contributed by atoms with Gasteiger partial charge in [0.05, 0.1) is 19.6 Å². The van der Waals surface area contributed by atoms with Crippen molar-refractivity contribution >= 4 is 60.1 Å². The summed E-state index contributed by atoms with van der Waals surface area (Å²) in [6.07, 6.45) is 10.3. The van der Waals surface area contributed by atoms with Gasteiger partial charge in [0.15, 0.2) is 5.12 Å². The number of thioether (sulfide) groups is 1. The molecule has 4 unspecified atom stereocenters. The van der Waals surface area contributed by atoms with E-state index in [1.54, 1.807) is 0 Å². The lowest BCUT2D eigenvalue weighted by Gasteiger charge is -2.45. The first-order chi connectivity index (χ1) is 34.4. The predicted molar refractivity (Wildman–Crippen MR) is 272 cm³/mol. The molecule has 0 aromatic carbocycles. The van der Waals surface area contributed by atoms with Crippen molar-refractivity contribution in [1.82, 2.24) is 0 Å². The maximum absolute atomic E-state index is 13.3. The number of ether oxygens (including phenoxy) is 2. The van der Waals surface area contributed by atoms with Crippen LogP contribution in [0.15, 0.2) is 0 Å². The molecular formula is C45H88O23P4S. The van der Waals surface area contributed by atoms with Crippen LogP contribution in [0.3, 0.4) is 0 Å². The molecule has 1 rings (SSSR count). The maximum atomic E-state index is 13.3. The first-order valence-corrected chi connectivity index (χ1v) is 33.2. The fraction of sp³-hybridized carbons (Fsp3) is 0.933. The van der Waals surface area contributed by atoms with Gasteiger partial charge in [0.1, 0.15) is 42.7 Å². The zero-order valence-electron chi connectivity index (χ0n) is 42.8. The molecule has 0 heterocycles. The van der Waals surface area contributed by atoms with Crippen molar-refractivity contribution < 1.29 is 109 Å². The van der Waals surface area contributed by atoms with Crippen LogP contribution in [-0.2, 0) is 64.7 Å². The lowest BCUT2D eigenvalue weighted by Crippen LogP contribution is -2.65. The zero-order valence-corrected chi connectivity index (χ0v) is 47.2. The Kier molecular flexibility index (Phi) is 38.2. The summed E-state index contributed by atoms with van der Waals surface area (Å²) in [6.45, 7) is 3.20. The summed E-state index contributed by atoms with van der Waals surface area (Å²) in [5.74, 6) is -0.715. The highest BCUT2D eigenvalue weighted by atomic mass is 32.2. The third-order valence-corrected chi connectivity index (χ3v) is 15.5. The van der Waals surface area contributed by atoms with E-state index >= 15 is 0 Å². The number of aliphatic hydroxyl groups is 2. The highest BCUT2D eigenvalue weighted by molar-refractivity contribution is 8.13. The quantitative estimate of drug-likeness (QED) is 0.0156. The van der Waals surface area contributed by atoms with Gasteiger partial charge in [0.2, 0.25) is 0 Å². The predicted octanol–water partition coefficient (Wildman–Crippen LogP) is 9.12. The number of rotatable bonds is 46. The van der Waals surface area contributed by atoms with E-state index in [0.29, 0.717) is 25.7 Å². The molecule has 0 spiro atoms. The Bertz CT molecular complexity index is 1660. The number of esters is 2. The Morgan fingerprint density at radius 2 is 0.863 bits per heavy atom. The summed E-state index contributed by atoms with van der Waals surface area (Å²) >= 11 is 1.45. The number of aliphatic hydroxyl groups excluding tert-OH is 2. The van der Waals surface area contributed by atoms with E-state index in [-0.39, 0.29) is 18.1 Å². The molecule has 8 atom stereocenters. The number of carbonyl (C=O) groups is 3. The molecule has 73 heavy (non-hydrogen) atoms. The number of carbonyl (C=O) groups excluding carboxylic acids is 3. The Morgan fingerprint density at radius 1 is 0.466 bits per heavy atom. The van der Waals surface area contributed by atoms with E-state index in [2.05, 4.69) is 20.5 Å². The molecular weight excluding hydrogens is 1060 g/mol. The van der Waals surface area contributed by atoms with Gasteiger partial charge in [-0.05, 0) is 25.7 Å². The van der Waals surface area contributed by atoms with Crippen molar-refractivity contribution in [3.8, 4) is 0 Å². The number of phosphoric acid groups is 4. The van der Waals surface area contributed by atoms with Gasteiger partial charge in [-0.15, -0.1) is 0 Å². The minimum atomic E-state index is -5.80. The lowest BCUT2D eigenvalue weighted by atomic mass is 9.85. The maximum Gasteiger partial charge on any atom is 0.472 e. The number of hydrogen-bond acceptors (Lipinski definition) is 17. The van der Waals surface area contributed by atoms with Crippen molar-refractivity contribution in [3.63, 3.8) is 0 Å². The second-order valence-corrected chi connectivity index (χ2v) is 24.7. The average molecular weight is 1150 g/mol. The normalized spacial score (nSPS) is 20.9. The largest absolute Gasteiger partial charge is 0.472 e. The molecule has 9 N–H and O–H groups in total. The van der Waals surface area contributed by atoms with Gasteiger partial charge in [0.25, 0.3) is 0 Å². The monoisotopic (exact) mass is 1150 g/mol. The van der Waals surface area contributed by atoms with Crippen LogP contribution in [0.5, 0.6) is 0 Å². The Labute approximate surface area is 436 Å². The molecule has 1 aliphatic rings. The molecule has 28 heteroatoms. The van der Waals surface area contributed by atoms with E-state index in [1.165, 1.54) is 82.4 Å². The summed E-state index contributed by atoms with van der Waals surface area (Å²) < 4.78 is 82.3. The smallest absolute Gasteiger partial charge is 0.466 e. The third-order valence-electron chi connectivity index (χ3n) is 11.9. The number of hydrogen-bond donors (Lipinski definition) is 9. The van der Waals surface area contributed by atoms with Crippen LogP contribution in [0.25, 0.3) is 0 Å². The molecule has 0 amide bonds. The van der Waals surface area contributed by atoms with Gasteiger partial charge in [-0.2, -0.15) is 0 Å². The Balaban J connectivity index is 2.80. The first kappa shape index (κ1) is 70.3. The minimum absolute atomic E-state index is 0.0362. The molecule has 0 saturated heterocycles. The van der Waals surface area contributed by atoms with Crippen molar-refractivity contribution in [2.24, 2.45) is 0 Å². The zero-order chi connectivity index (χ0) is 54.8. The average Bonchev–Trinajstić information content (AvgIpc) is 3.28. The van der Waals surface area contributed by atoms with E-state index < -0.39 is 99.0 Å². The van der Waals surface area contributed by atoms with Crippen LogP contribution in [0, 0.1) is 0 Å². The van der Waals surface area contributed by atoms with Crippen molar-refractivity contribution in [2.75, 3.05) is 19.0 Å². The Morgan fingerprint density at radius 3 is 1.29 bits per heavy atom. The van der Waals surface area contributed by atoms with Crippen LogP contribution in [0.4, 0.5) is 0 Å². The van der Waals surface area contributed by atoms with Crippen LogP contribution < -0.4 is 0 Å². The van der Waals surface area contributed by atoms with Gasteiger partial charge in [0, 0.05) is 18.6 Å². The molecule has 1 fully saturated rings. The third kappa shape index (κ3) is 37.7. The molecule has 0 aromatic rings. The molecule has 23 nitrogen and oxygen atoms in total. The SMILES string of the molecule is CCCCCCCCCCCCCCCC(=O)O[C@@H](COP(=O)(O)OC1C(O)[C@H](OP(=O)(O)O)C(OP(=O)(O)O)[C@H](OP(=O)(O)O)[C@@H]1O)CC(=O)OCCCCCCCCCCCCCCCSC(=O)CCC. The van der Waals surface area contributed by atoms with Gasteiger partial charge >= 0.3 is 43.2 Å². The van der Waals surface area contributed by atoms with E-state index in [4.69, 9.17) is 18.5 Å². The van der Waals surface area contributed by atoms with Crippen molar-refractivity contribution in [3.05, 3.63) is 0 Å². The van der Waals surface area contributed by atoms with Crippen LogP contribution in [0.1, 0.15) is 206 Å². The van der Waals surface area contributed by atoms with Gasteiger partial charge < -0.3 is 53.9 Å². The van der Waals surface area contributed by atoms with E-state index in [0.717, 1.165) is 89.2 Å². The topological polar surface area (TPSA) is 366 Å². The number of unbranched alkanes of at least 4 members (excludes halogenated alkanes) is 24. The molecule has 0 bridgehead atoms. The fourth-order valence-electron chi connectivity index (χ4n) is 8.19. The molecule has 0 radical (unpaired) electrons. The highest BCUT2D eigenvalue weighted by Gasteiger charge is 2.59. The fourth-order valence-corrected chi connectivity index (χ4v) is 11.8. The molecule has 1 saturated carbocycles. The first-order valence-electron chi connectivity index (χ1n) is 26.1. The standard InChI is InChI=1S/C45H88O23P4S/c1-3-5-6-7-8-9-10-12-15-18-21-24-27-31-37(46)64-36(34-38(47)62-32-28-25-22-19-16-13-11-14-17-20-23-26-29-33-73-39(48)30-4-2)35-63-72(60,61)68-42-40(49)43(65-69(51,52)53)45(67-71(57,58)59)44(41(42)50)66-70(54,55)56/h36,40-45,49-50H,3-35H2,1-2H3,(H,60,61)(H2,51,52,53)(H2,54,55,56)(H2,57,58,59)/t36-,40-,41?,42?,43-,44+,45?/m1/s1. The van der Waals surface area contributed by atoms with Gasteiger partial charge in [-0.3, -0.25) is 37.0 Å². The van der Waals surface area contributed by atoms with E-state index in [9.17, 15) is 77.1 Å². The summed E-state index contributed by atoms with van der Waals surface area (Å²) in [7, 11) is -23.1. The molecule has 1 aliphatic carbocycles. The van der Waals surface area contributed by atoms with Crippen molar-refractivity contribution in [2.45, 2.75) is 249 Å². The lowest BCUT2D eigenvalue weighted by molar-refractivity contribution is -0.209. The van der Waals surface area contributed by atoms with E-state index in [1.807, 2.05) is 6.92 Å². The van der Waals surface area contributed by atoms with Crippen molar-refractivity contribution in [1.29, 1.82) is 0 Å². The summed E-state index contributed by atoms with van der Waals surface area (Å²) in [5.41, 5.74) is 0. The Hall–Kier alpha value is -0.680. The minimum Gasteiger partial charge on any atom is -0.466 e. The van der Waals surface area contributed by atoms with Crippen LogP contribution in [0.2, 0.25) is 0 Å². The second-order valence-electron chi connectivity index (χ2n) is 18.6. The van der Waals surface area contributed by atoms with Gasteiger partial charge in [-0.25, -0.2) is 18.3 Å².